The summed E-state index contributed by atoms with van der Waals surface area (Å²) >= 11 is 1.42. The maximum atomic E-state index is 13.3. The molecule has 0 radical (unpaired) electrons. The van der Waals surface area contributed by atoms with Gasteiger partial charge in [-0.1, -0.05) is 91.0 Å². The van der Waals surface area contributed by atoms with E-state index in [9.17, 15) is 4.79 Å². The number of carbonyl (C=O) groups excluding carboxylic acids is 1. The van der Waals surface area contributed by atoms with Crippen molar-refractivity contribution in [3.63, 3.8) is 0 Å². The van der Waals surface area contributed by atoms with Gasteiger partial charge in [-0.25, -0.2) is 4.99 Å². The molecule has 3 aromatic rings. The molecule has 1 saturated heterocycles. The van der Waals surface area contributed by atoms with Gasteiger partial charge in [0.1, 0.15) is 0 Å². The lowest BCUT2D eigenvalue weighted by atomic mass is 10.1. The fourth-order valence-electron chi connectivity index (χ4n) is 3.22. The first kappa shape index (κ1) is 19.9. The summed E-state index contributed by atoms with van der Waals surface area (Å²) in [6.45, 7) is 2.04. The minimum absolute atomic E-state index is 0.0243. The van der Waals surface area contributed by atoms with Crippen LogP contribution in [0.4, 0.5) is 5.69 Å². The van der Waals surface area contributed by atoms with E-state index in [1.54, 1.807) is 4.90 Å². The molecule has 1 atom stereocenters. The van der Waals surface area contributed by atoms with Crippen molar-refractivity contribution in [2.75, 3.05) is 0 Å². The molecule has 0 saturated carbocycles. The minimum Gasteiger partial charge on any atom is -0.279 e. The first-order chi connectivity index (χ1) is 14.7. The second kappa shape index (κ2) is 9.42. The Morgan fingerprint density at radius 2 is 1.47 bits per heavy atom. The predicted octanol–water partition coefficient (Wildman–Crippen LogP) is 6.61. The number of nitrogens with zero attached hydrogens (tertiary/aromatic N) is 2. The lowest BCUT2D eigenvalue weighted by Gasteiger charge is -2.24. The van der Waals surface area contributed by atoms with E-state index in [2.05, 4.69) is 0 Å². The molecule has 4 rings (SSSR count). The monoisotopic (exact) mass is 410 g/mol. The number of carbonyl (C=O) groups is 1. The smallest absolute Gasteiger partial charge is 0.267 e. The quantitative estimate of drug-likeness (QED) is 0.444. The van der Waals surface area contributed by atoms with Crippen LogP contribution in [0.1, 0.15) is 24.1 Å². The Hall–Kier alpha value is -3.37. The van der Waals surface area contributed by atoms with Crippen LogP contribution in [0.5, 0.6) is 0 Å². The second-order valence-electron chi connectivity index (χ2n) is 6.89. The maximum Gasteiger partial charge on any atom is 0.267 e. The molecule has 148 valence electrons. The highest BCUT2D eigenvalue weighted by atomic mass is 32.2. The molecule has 3 nitrogen and oxygen atoms in total. The second-order valence-corrected chi connectivity index (χ2v) is 7.90. The zero-order valence-electron chi connectivity index (χ0n) is 16.7. The van der Waals surface area contributed by atoms with E-state index in [0.29, 0.717) is 10.1 Å². The SMILES string of the molecule is C[C@H](c1ccccc1)N1C(=O)/C(=C\C=C\c2ccccc2)SC1=Nc1ccccc1. The van der Waals surface area contributed by atoms with Gasteiger partial charge in [0.25, 0.3) is 5.91 Å². The van der Waals surface area contributed by atoms with Crippen LogP contribution in [0.2, 0.25) is 0 Å². The number of benzene rings is 3. The molecule has 30 heavy (non-hydrogen) atoms. The van der Waals surface area contributed by atoms with E-state index < -0.39 is 0 Å². The summed E-state index contributed by atoms with van der Waals surface area (Å²) in [4.78, 5) is 20.5. The number of amidine groups is 1. The number of hydrogen-bond donors (Lipinski definition) is 0. The standard InChI is InChI=1S/C26H22N2OS/c1-20(22-15-7-3-8-16-22)28-25(29)24(19-11-14-21-12-5-2-6-13-21)30-26(28)27-23-17-9-4-10-18-23/h2-20H,1H3/b14-11+,24-19+,27-26?/t20-/m1/s1. The van der Waals surface area contributed by atoms with Crippen LogP contribution >= 0.6 is 11.8 Å². The van der Waals surface area contributed by atoms with Gasteiger partial charge in [0.15, 0.2) is 5.17 Å². The molecule has 0 aromatic heterocycles. The number of hydrogen-bond acceptors (Lipinski definition) is 3. The highest BCUT2D eigenvalue weighted by Gasteiger charge is 2.36. The van der Waals surface area contributed by atoms with Crippen LogP contribution in [-0.2, 0) is 4.79 Å². The van der Waals surface area contributed by atoms with Crippen LogP contribution in [0.3, 0.4) is 0 Å². The minimum atomic E-state index is -0.113. The van der Waals surface area contributed by atoms with Crippen LogP contribution in [-0.4, -0.2) is 16.0 Å². The third kappa shape index (κ3) is 4.61. The summed E-state index contributed by atoms with van der Waals surface area (Å²) in [6.07, 6.45) is 5.79. The van der Waals surface area contributed by atoms with E-state index in [0.717, 1.165) is 16.8 Å². The normalized spacial score (nSPS) is 17.9. The van der Waals surface area contributed by atoms with Crippen molar-refractivity contribution >= 4 is 34.6 Å². The van der Waals surface area contributed by atoms with Gasteiger partial charge in [-0.15, -0.1) is 0 Å². The summed E-state index contributed by atoms with van der Waals surface area (Å²) < 4.78 is 0. The average Bonchev–Trinajstić information content (AvgIpc) is 3.10. The Morgan fingerprint density at radius 3 is 2.13 bits per heavy atom. The van der Waals surface area contributed by atoms with Gasteiger partial charge in [0.2, 0.25) is 0 Å². The molecule has 1 heterocycles. The summed E-state index contributed by atoms with van der Waals surface area (Å²) in [5, 5.41) is 0.696. The molecule has 0 aliphatic carbocycles. The highest BCUT2D eigenvalue weighted by molar-refractivity contribution is 8.18. The average molecular weight is 411 g/mol. The number of thioether (sulfide) groups is 1. The molecule has 0 N–H and O–H groups in total. The third-order valence-corrected chi connectivity index (χ3v) is 5.82. The highest BCUT2D eigenvalue weighted by Crippen LogP contribution is 2.38. The van der Waals surface area contributed by atoms with Gasteiger partial charge in [-0.3, -0.25) is 9.69 Å². The first-order valence-corrected chi connectivity index (χ1v) is 10.7. The number of rotatable bonds is 5. The summed E-state index contributed by atoms with van der Waals surface area (Å²) in [5.74, 6) is -0.0243. The molecule has 0 unspecified atom stereocenters. The topological polar surface area (TPSA) is 32.7 Å². The molecular weight excluding hydrogens is 388 g/mol. The molecule has 1 aliphatic heterocycles. The van der Waals surface area contributed by atoms with Gasteiger partial charge < -0.3 is 0 Å². The number of allylic oxidation sites excluding steroid dienone is 2. The first-order valence-electron chi connectivity index (χ1n) is 9.86. The van der Waals surface area contributed by atoms with Crippen LogP contribution in [0.25, 0.3) is 6.08 Å². The lowest BCUT2D eigenvalue weighted by Crippen LogP contribution is -2.32. The Bertz CT molecular complexity index is 1090. The van der Waals surface area contributed by atoms with E-state index >= 15 is 0 Å². The van der Waals surface area contributed by atoms with Gasteiger partial charge in [0, 0.05) is 0 Å². The van der Waals surface area contributed by atoms with E-state index in [1.807, 2.05) is 116 Å². The largest absolute Gasteiger partial charge is 0.279 e. The molecule has 3 aromatic carbocycles. The number of para-hydroxylation sites is 1. The molecular formula is C26H22N2OS. The van der Waals surface area contributed by atoms with Crippen LogP contribution in [0.15, 0.2) is 113 Å². The molecule has 4 heteroatoms. The zero-order valence-corrected chi connectivity index (χ0v) is 17.5. The summed E-state index contributed by atoms with van der Waals surface area (Å²) in [6, 6.07) is 29.7. The van der Waals surface area contributed by atoms with Gasteiger partial charge >= 0.3 is 0 Å². The van der Waals surface area contributed by atoms with Crippen molar-refractivity contribution in [2.24, 2.45) is 4.99 Å². The van der Waals surface area contributed by atoms with Gasteiger partial charge in [0.05, 0.1) is 16.6 Å². The van der Waals surface area contributed by atoms with Crippen molar-refractivity contribution in [3.8, 4) is 0 Å². The fourth-order valence-corrected chi connectivity index (χ4v) is 4.24. The Labute approximate surface area is 181 Å². The lowest BCUT2D eigenvalue weighted by molar-refractivity contribution is -0.123. The van der Waals surface area contributed by atoms with Gasteiger partial charge in [-0.2, -0.15) is 0 Å². The fraction of sp³-hybridized carbons (Fsp3) is 0.0769. The van der Waals surface area contributed by atoms with Gasteiger partial charge in [-0.05, 0) is 48.0 Å². The number of amides is 1. The molecule has 0 bridgehead atoms. The Kier molecular flexibility index (Phi) is 6.26. The Morgan fingerprint density at radius 1 is 0.867 bits per heavy atom. The van der Waals surface area contributed by atoms with Crippen LogP contribution < -0.4 is 0 Å². The van der Waals surface area contributed by atoms with Crippen LogP contribution in [0, 0.1) is 0 Å². The third-order valence-electron chi connectivity index (χ3n) is 4.82. The molecule has 1 aliphatic rings. The number of aliphatic imine (C=N–C) groups is 1. The van der Waals surface area contributed by atoms with E-state index in [4.69, 9.17) is 4.99 Å². The summed E-state index contributed by atoms with van der Waals surface area (Å²) in [5.41, 5.74) is 3.00. The van der Waals surface area contributed by atoms with E-state index in [1.165, 1.54) is 11.8 Å². The van der Waals surface area contributed by atoms with E-state index in [-0.39, 0.29) is 11.9 Å². The molecule has 1 fully saturated rings. The maximum absolute atomic E-state index is 13.3. The summed E-state index contributed by atoms with van der Waals surface area (Å²) in [7, 11) is 0. The van der Waals surface area contributed by atoms with Crippen molar-refractivity contribution in [1.82, 2.24) is 4.90 Å². The van der Waals surface area contributed by atoms with Crippen molar-refractivity contribution in [1.29, 1.82) is 0 Å². The molecule has 0 spiro atoms. The zero-order chi connectivity index (χ0) is 20.8. The predicted molar refractivity (Wildman–Crippen MR) is 126 cm³/mol. The van der Waals surface area contributed by atoms with Crippen molar-refractivity contribution in [3.05, 3.63) is 119 Å². The Balaban J connectivity index is 1.66. The van der Waals surface area contributed by atoms with Crippen molar-refractivity contribution < 1.29 is 4.79 Å². The van der Waals surface area contributed by atoms with Crippen molar-refractivity contribution in [2.45, 2.75) is 13.0 Å². The molecule has 1 amide bonds.